The summed E-state index contributed by atoms with van der Waals surface area (Å²) in [6.07, 6.45) is 2.14. The summed E-state index contributed by atoms with van der Waals surface area (Å²) in [5, 5.41) is 6.05. The molecule has 1 fully saturated rings. The molecule has 0 saturated carbocycles. The molecule has 0 bridgehead atoms. The van der Waals surface area contributed by atoms with Crippen molar-refractivity contribution in [2.75, 3.05) is 36.4 Å². The van der Waals surface area contributed by atoms with Crippen LogP contribution in [0.1, 0.15) is 32.6 Å². The molecule has 148 valence electrons. The molecule has 3 amide bonds. The Morgan fingerprint density at radius 1 is 1.26 bits per heavy atom. The first kappa shape index (κ1) is 21.2. The number of para-hydroxylation sites is 2. The monoisotopic (exact) mass is 394 g/mol. The number of nitrogens with zero attached hydrogens (tertiary/aromatic N) is 2. The summed E-state index contributed by atoms with van der Waals surface area (Å²) < 4.78 is 0. The summed E-state index contributed by atoms with van der Waals surface area (Å²) in [6.45, 7) is 4.51. The molecule has 0 aromatic heterocycles. The minimum absolute atomic E-state index is 0. The Bertz CT molecular complexity index is 691. The number of nitrogens with one attached hydrogen (secondary N) is 2. The molecule has 2 N–H and O–H groups in total. The van der Waals surface area contributed by atoms with E-state index in [0.29, 0.717) is 17.9 Å². The zero-order valence-electron chi connectivity index (χ0n) is 15.6. The summed E-state index contributed by atoms with van der Waals surface area (Å²) in [5.74, 6) is -0.390. The number of hydrogen-bond donors (Lipinski definition) is 2. The summed E-state index contributed by atoms with van der Waals surface area (Å²) in [7, 11) is 0. The van der Waals surface area contributed by atoms with Crippen molar-refractivity contribution in [1.29, 1.82) is 0 Å². The molecule has 1 unspecified atom stereocenters. The SMILES string of the molecule is CCCN(C(=O)CCC(=O)N1CC(=O)Nc2ccccc21)C1CCNC1.Cl. The van der Waals surface area contributed by atoms with Gasteiger partial charge in [-0.3, -0.25) is 14.4 Å². The van der Waals surface area contributed by atoms with Crippen molar-refractivity contribution in [1.82, 2.24) is 10.2 Å². The normalized spacial score (nSPS) is 18.3. The van der Waals surface area contributed by atoms with Crippen LogP contribution < -0.4 is 15.5 Å². The van der Waals surface area contributed by atoms with Crippen molar-refractivity contribution >= 4 is 41.5 Å². The molecule has 1 aromatic rings. The maximum atomic E-state index is 12.7. The van der Waals surface area contributed by atoms with Gasteiger partial charge in [-0.05, 0) is 31.5 Å². The van der Waals surface area contributed by atoms with Crippen LogP contribution in [0.3, 0.4) is 0 Å². The van der Waals surface area contributed by atoms with Crippen LogP contribution in [0.15, 0.2) is 24.3 Å². The van der Waals surface area contributed by atoms with Gasteiger partial charge in [-0.15, -0.1) is 12.4 Å². The van der Waals surface area contributed by atoms with Gasteiger partial charge in [-0.25, -0.2) is 0 Å². The van der Waals surface area contributed by atoms with Gasteiger partial charge in [0.05, 0.1) is 11.4 Å². The molecule has 1 aromatic carbocycles. The first-order valence-electron chi connectivity index (χ1n) is 9.29. The predicted octanol–water partition coefficient (Wildman–Crippen LogP) is 1.77. The van der Waals surface area contributed by atoms with Crippen LogP contribution in [-0.4, -0.2) is 54.8 Å². The number of amides is 3. The summed E-state index contributed by atoms with van der Waals surface area (Å²) >= 11 is 0. The van der Waals surface area contributed by atoms with Gasteiger partial charge in [0, 0.05) is 32.0 Å². The number of carbonyl (C=O) groups excluding carboxylic acids is 3. The van der Waals surface area contributed by atoms with Crippen LogP contribution in [0, 0.1) is 0 Å². The lowest BCUT2D eigenvalue weighted by molar-refractivity contribution is -0.135. The molecule has 27 heavy (non-hydrogen) atoms. The molecule has 0 radical (unpaired) electrons. The molecule has 0 aliphatic carbocycles. The number of benzene rings is 1. The number of carbonyl (C=O) groups is 3. The van der Waals surface area contributed by atoms with Crippen molar-refractivity contribution < 1.29 is 14.4 Å². The number of halogens is 1. The van der Waals surface area contributed by atoms with E-state index in [1.807, 2.05) is 23.1 Å². The lowest BCUT2D eigenvalue weighted by Crippen LogP contribution is -2.44. The molecule has 2 aliphatic heterocycles. The van der Waals surface area contributed by atoms with E-state index in [4.69, 9.17) is 0 Å². The minimum atomic E-state index is -0.215. The Hall–Kier alpha value is -2.12. The van der Waals surface area contributed by atoms with Gasteiger partial charge in [0.1, 0.15) is 6.54 Å². The molecule has 1 atom stereocenters. The van der Waals surface area contributed by atoms with Gasteiger partial charge >= 0.3 is 0 Å². The second-order valence-corrected chi connectivity index (χ2v) is 6.78. The van der Waals surface area contributed by atoms with Crippen LogP contribution >= 0.6 is 12.4 Å². The maximum Gasteiger partial charge on any atom is 0.244 e. The maximum absolute atomic E-state index is 12.7. The Labute approximate surface area is 165 Å². The van der Waals surface area contributed by atoms with Crippen LogP contribution in [0.2, 0.25) is 0 Å². The van der Waals surface area contributed by atoms with Gasteiger partial charge in [0.2, 0.25) is 17.7 Å². The smallest absolute Gasteiger partial charge is 0.244 e. The summed E-state index contributed by atoms with van der Waals surface area (Å²) in [4.78, 5) is 40.6. The van der Waals surface area contributed by atoms with Crippen LogP contribution in [0.5, 0.6) is 0 Å². The fraction of sp³-hybridized carbons (Fsp3) is 0.526. The Balaban J connectivity index is 0.00000261. The largest absolute Gasteiger partial charge is 0.338 e. The van der Waals surface area contributed by atoms with E-state index in [-0.39, 0.29) is 55.6 Å². The fourth-order valence-corrected chi connectivity index (χ4v) is 3.61. The molecule has 0 spiro atoms. The topological polar surface area (TPSA) is 81.8 Å². The van der Waals surface area contributed by atoms with Gasteiger partial charge in [-0.1, -0.05) is 19.1 Å². The highest BCUT2D eigenvalue weighted by atomic mass is 35.5. The second-order valence-electron chi connectivity index (χ2n) is 6.78. The van der Waals surface area contributed by atoms with E-state index in [0.717, 1.165) is 25.9 Å². The second kappa shape index (κ2) is 9.71. The molecular weight excluding hydrogens is 368 g/mol. The van der Waals surface area contributed by atoms with Crippen molar-refractivity contribution in [3.05, 3.63) is 24.3 Å². The van der Waals surface area contributed by atoms with E-state index in [9.17, 15) is 14.4 Å². The lowest BCUT2D eigenvalue weighted by atomic mass is 10.1. The van der Waals surface area contributed by atoms with E-state index < -0.39 is 0 Å². The predicted molar refractivity (Wildman–Crippen MR) is 107 cm³/mol. The molecule has 3 rings (SSSR count). The average Bonchev–Trinajstić information content (AvgIpc) is 3.17. The highest BCUT2D eigenvalue weighted by Gasteiger charge is 2.29. The molecule has 2 aliphatic rings. The minimum Gasteiger partial charge on any atom is -0.338 e. The lowest BCUT2D eigenvalue weighted by Gasteiger charge is -2.30. The van der Waals surface area contributed by atoms with E-state index in [1.54, 1.807) is 6.07 Å². The molecule has 2 heterocycles. The Kier molecular flexibility index (Phi) is 7.62. The molecule has 7 nitrogen and oxygen atoms in total. The van der Waals surface area contributed by atoms with E-state index >= 15 is 0 Å². The third-order valence-electron chi connectivity index (χ3n) is 4.88. The highest BCUT2D eigenvalue weighted by molar-refractivity contribution is 6.10. The van der Waals surface area contributed by atoms with Crippen molar-refractivity contribution in [2.45, 2.75) is 38.6 Å². The Morgan fingerprint density at radius 3 is 2.74 bits per heavy atom. The molecule has 1 saturated heterocycles. The standard InChI is InChI=1S/C19H26N4O3.ClH/c1-2-11-22(14-9-10-20-12-14)18(25)7-8-19(26)23-13-17(24)21-15-5-3-4-6-16(15)23;/h3-6,14,20H,2,7-13H2,1H3,(H,21,24);1H. The fourth-order valence-electron chi connectivity index (χ4n) is 3.61. The van der Waals surface area contributed by atoms with Crippen LogP contribution in [0.25, 0.3) is 0 Å². The zero-order valence-corrected chi connectivity index (χ0v) is 16.4. The zero-order chi connectivity index (χ0) is 18.5. The van der Waals surface area contributed by atoms with Gasteiger partial charge in [-0.2, -0.15) is 0 Å². The van der Waals surface area contributed by atoms with E-state index in [2.05, 4.69) is 17.6 Å². The highest BCUT2D eigenvalue weighted by Crippen LogP contribution is 2.29. The van der Waals surface area contributed by atoms with Gasteiger partial charge < -0.3 is 20.4 Å². The van der Waals surface area contributed by atoms with Crippen LogP contribution in [-0.2, 0) is 14.4 Å². The number of hydrogen-bond acceptors (Lipinski definition) is 4. The first-order chi connectivity index (χ1) is 12.6. The third-order valence-corrected chi connectivity index (χ3v) is 4.88. The summed E-state index contributed by atoms with van der Waals surface area (Å²) in [6, 6.07) is 7.45. The third kappa shape index (κ3) is 4.99. The van der Waals surface area contributed by atoms with Gasteiger partial charge in [0.15, 0.2) is 0 Å². The van der Waals surface area contributed by atoms with Crippen molar-refractivity contribution in [3.8, 4) is 0 Å². The quantitative estimate of drug-likeness (QED) is 0.770. The molecular formula is C19H27ClN4O3. The van der Waals surface area contributed by atoms with Crippen LogP contribution in [0.4, 0.5) is 11.4 Å². The number of anilines is 2. The van der Waals surface area contributed by atoms with Crippen molar-refractivity contribution in [2.24, 2.45) is 0 Å². The summed E-state index contributed by atoms with van der Waals surface area (Å²) in [5.41, 5.74) is 1.32. The first-order valence-corrected chi connectivity index (χ1v) is 9.29. The van der Waals surface area contributed by atoms with E-state index in [1.165, 1.54) is 4.90 Å². The van der Waals surface area contributed by atoms with Gasteiger partial charge in [0.25, 0.3) is 0 Å². The van der Waals surface area contributed by atoms with Crippen molar-refractivity contribution in [3.63, 3.8) is 0 Å². The Morgan fingerprint density at radius 2 is 2.04 bits per heavy atom. The number of fused-ring (bicyclic) bond motifs is 1. The number of rotatable bonds is 6. The average molecular weight is 395 g/mol. The molecule has 8 heteroatoms.